The summed E-state index contributed by atoms with van der Waals surface area (Å²) < 4.78 is 11.8. The molecule has 1 heterocycles. The van der Waals surface area contributed by atoms with Gasteiger partial charge < -0.3 is 19.7 Å². The Hall–Kier alpha value is -2.36. The third-order valence-electron chi connectivity index (χ3n) is 4.21. The van der Waals surface area contributed by atoms with Gasteiger partial charge in [0.05, 0.1) is 18.0 Å². The van der Waals surface area contributed by atoms with Crippen LogP contribution in [0.15, 0.2) is 36.4 Å². The summed E-state index contributed by atoms with van der Waals surface area (Å²) in [6, 6.07) is 12.5. The number of ether oxygens (including phenoxy) is 2. The van der Waals surface area contributed by atoms with Gasteiger partial charge in [-0.3, -0.25) is 0 Å². The van der Waals surface area contributed by atoms with Crippen molar-refractivity contribution in [2.75, 3.05) is 30.9 Å². The number of nitrogens with one attached hydrogen (secondary N) is 1. The van der Waals surface area contributed by atoms with Crippen LogP contribution < -0.4 is 19.7 Å². The van der Waals surface area contributed by atoms with Crippen LogP contribution in [0.4, 0.5) is 11.4 Å². The first-order valence-electron chi connectivity index (χ1n) is 8.54. The number of para-hydroxylation sites is 2. The van der Waals surface area contributed by atoms with Crippen molar-refractivity contribution in [1.29, 1.82) is 0 Å². The first kappa shape index (κ1) is 16.5. The van der Waals surface area contributed by atoms with Gasteiger partial charge in [-0.25, -0.2) is 0 Å². The third-order valence-corrected chi connectivity index (χ3v) is 4.21. The van der Waals surface area contributed by atoms with E-state index in [1.165, 1.54) is 11.3 Å². The quantitative estimate of drug-likeness (QED) is 0.867. The highest BCUT2D eigenvalue weighted by Gasteiger charge is 2.23. The molecule has 3 rings (SSSR count). The number of rotatable bonds is 6. The van der Waals surface area contributed by atoms with Gasteiger partial charge in [0, 0.05) is 38.2 Å². The Kier molecular flexibility index (Phi) is 4.84. The zero-order valence-electron chi connectivity index (χ0n) is 14.9. The molecule has 4 nitrogen and oxygen atoms in total. The molecule has 2 aromatic rings. The van der Waals surface area contributed by atoms with Crippen LogP contribution in [0, 0.1) is 0 Å². The minimum atomic E-state index is 0.227. The predicted octanol–water partition coefficient (Wildman–Crippen LogP) is 4.09. The lowest BCUT2D eigenvalue weighted by Gasteiger charge is -2.19. The Morgan fingerprint density at radius 1 is 1.25 bits per heavy atom. The molecule has 1 aliphatic heterocycles. The fourth-order valence-corrected chi connectivity index (χ4v) is 3.16. The van der Waals surface area contributed by atoms with Crippen LogP contribution in [0.2, 0.25) is 0 Å². The van der Waals surface area contributed by atoms with Crippen molar-refractivity contribution in [1.82, 2.24) is 0 Å². The van der Waals surface area contributed by atoms with Crippen LogP contribution in [0.25, 0.3) is 0 Å². The smallest absolute Gasteiger partial charge is 0.128 e. The van der Waals surface area contributed by atoms with Gasteiger partial charge in [-0.2, -0.15) is 0 Å². The van der Waals surface area contributed by atoms with E-state index in [4.69, 9.17) is 9.47 Å². The van der Waals surface area contributed by atoms with Crippen molar-refractivity contribution in [3.63, 3.8) is 0 Å². The first-order chi connectivity index (χ1) is 11.6. The van der Waals surface area contributed by atoms with Gasteiger partial charge >= 0.3 is 0 Å². The lowest BCUT2D eigenvalue weighted by molar-refractivity contribution is 0.252. The lowest BCUT2D eigenvalue weighted by atomic mass is 10.1. The van der Waals surface area contributed by atoms with E-state index in [9.17, 15) is 0 Å². The second-order valence-corrected chi connectivity index (χ2v) is 6.40. The molecule has 2 aromatic carbocycles. The molecule has 0 radical (unpaired) electrons. The van der Waals surface area contributed by atoms with Gasteiger partial charge in [0.25, 0.3) is 0 Å². The molecule has 24 heavy (non-hydrogen) atoms. The topological polar surface area (TPSA) is 33.7 Å². The molecule has 1 N–H and O–H groups in total. The number of anilines is 2. The van der Waals surface area contributed by atoms with Gasteiger partial charge in [0.2, 0.25) is 0 Å². The van der Waals surface area contributed by atoms with E-state index >= 15 is 0 Å². The Morgan fingerprint density at radius 2 is 2.04 bits per heavy atom. The standard InChI is InChI=1S/C20H26N2O2/c1-5-23-17-11-15-10-14(2)24-20(15)16(12-17)13-21-18-8-6-7-9-19(18)22(3)4/h6-9,11-12,14,21H,5,10,13H2,1-4H3. The lowest BCUT2D eigenvalue weighted by Crippen LogP contribution is -2.12. The van der Waals surface area contributed by atoms with E-state index in [0.717, 1.165) is 29.2 Å². The maximum atomic E-state index is 6.03. The van der Waals surface area contributed by atoms with Crippen molar-refractivity contribution in [2.45, 2.75) is 32.9 Å². The second kappa shape index (κ2) is 7.04. The minimum absolute atomic E-state index is 0.227. The molecule has 4 heteroatoms. The zero-order chi connectivity index (χ0) is 17.1. The van der Waals surface area contributed by atoms with E-state index in [1.54, 1.807) is 0 Å². The van der Waals surface area contributed by atoms with Gasteiger partial charge in [-0.1, -0.05) is 12.1 Å². The van der Waals surface area contributed by atoms with Crippen LogP contribution in [-0.4, -0.2) is 26.8 Å². The highest BCUT2D eigenvalue weighted by molar-refractivity contribution is 5.69. The molecule has 1 aliphatic rings. The SMILES string of the molecule is CCOc1cc(CNc2ccccc2N(C)C)c2c(c1)CC(C)O2. The highest BCUT2D eigenvalue weighted by atomic mass is 16.5. The summed E-state index contributed by atoms with van der Waals surface area (Å²) in [5.74, 6) is 1.94. The van der Waals surface area contributed by atoms with Crippen LogP contribution in [0.1, 0.15) is 25.0 Å². The van der Waals surface area contributed by atoms with Crippen molar-refractivity contribution < 1.29 is 9.47 Å². The Labute approximate surface area is 144 Å². The molecule has 128 valence electrons. The van der Waals surface area contributed by atoms with E-state index in [0.29, 0.717) is 13.2 Å². The summed E-state index contributed by atoms with van der Waals surface area (Å²) in [4.78, 5) is 2.11. The zero-order valence-corrected chi connectivity index (χ0v) is 14.9. The number of benzene rings is 2. The molecule has 0 amide bonds. The van der Waals surface area contributed by atoms with Crippen LogP contribution in [0.5, 0.6) is 11.5 Å². The third kappa shape index (κ3) is 3.42. The summed E-state index contributed by atoms with van der Waals surface area (Å²) in [6.45, 7) is 5.50. The van der Waals surface area contributed by atoms with Crippen LogP contribution >= 0.6 is 0 Å². The molecule has 1 unspecified atom stereocenters. The summed E-state index contributed by atoms with van der Waals surface area (Å²) in [6.07, 6.45) is 1.17. The fraction of sp³-hybridized carbons (Fsp3) is 0.400. The van der Waals surface area contributed by atoms with E-state index in [-0.39, 0.29) is 6.10 Å². The van der Waals surface area contributed by atoms with Gasteiger partial charge in [0.15, 0.2) is 0 Å². The van der Waals surface area contributed by atoms with E-state index in [2.05, 4.69) is 67.6 Å². The number of hydrogen-bond acceptors (Lipinski definition) is 4. The Morgan fingerprint density at radius 3 is 2.79 bits per heavy atom. The number of nitrogens with zero attached hydrogens (tertiary/aromatic N) is 1. The van der Waals surface area contributed by atoms with Crippen LogP contribution in [0.3, 0.4) is 0 Å². The van der Waals surface area contributed by atoms with Crippen molar-refractivity contribution in [3.8, 4) is 11.5 Å². The van der Waals surface area contributed by atoms with Crippen molar-refractivity contribution in [3.05, 3.63) is 47.5 Å². The maximum absolute atomic E-state index is 6.03. The summed E-state index contributed by atoms with van der Waals surface area (Å²) in [5.41, 5.74) is 4.67. The average Bonchev–Trinajstić information content (AvgIpc) is 2.93. The number of fused-ring (bicyclic) bond motifs is 1. The molecule has 0 saturated heterocycles. The minimum Gasteiger partial charge on any atom is -0.494 e. The molecular formula is C20H26N2O2. The molecule has 0 aromatic heterocycles. The van der Waals surface area contributed by atoms with Crippen molar-refractivity contribution in [2.24, 2.45) is 0 Å². The van der Waals surface area contributed by atoms with Crippen molar-refractivity contribution >= 4 is 11.4 Å². The van der Waals surface area contributed by atoms with Gasteiger partial charge in [-0.05, 0) is 38.1 Å². The largest absolute Gasteiger partial charge is 0.494 e. The molecule has 0 bridgehead atoms. The van der Waals surface area contributed by atoms with Crippen LogP contribution in [-0.2, 0) is 13.0 Å². The normalized spacial score (nSPS) is 15.6. The average molecular weight is 326 g/mol. The van der Waals surface area contributed by atoms with E-state index < -0.39 is 0 Å². The first-order valence-corrected chi connectivity index (χ1v) is 8.54. The summed E-state index contributed by atoms with van der Waals surface area (Å²) in [5, 5.41) is 3.55. The Bertz CT molecular complexity index is 713. The summed E-state index contributed by atoms with van der Waals surface area (Å²) in [7, 11) is 4.11. The molecule has 0 spiro atoms. The predicted molar refractivity (Wildman–Crippen MR) is 99.5 cm³/mol. The molecular weight excluding hydrogens is 300 g/mol. The highest BCUT2D eigenvalue weighted by Crippen LogP contribution is 2.37. The molecule has 1 atom stereocenters. The van der Waals surface area contributed by atoms with Gasteiger partial charge in [-0.15, -0.1) is 0 Å². The van der Waals surface area contributed by atoms with E-state index in [1.807, 2.05) is 6.92 Å². The maximum Gasteiger partial charge on any atom is 0.128 e. The molecule has 0 saturated carbocycles. The Balaban J connectivity index is 1.85. The monoisotopic (exact) mass is 326 g/mol. The molecule has 0 aliphatic carbocycles. The van der Waals surface area contributed by atoms with Gasteiger partial charge in [0.1, 0.15) is 17.6 Å². The second-order valence-electron chi connectivity index (χ2n) is 6.40. The summed E-state index contributed by atoms with van der Waals surface area (Å²) >= 11 is 0. The fourth-order valence-electron chi connectivity index (χ4n) is 3.16. The molecule has 0 fully saturated rings. The number of hydrogen-bond donors (Lipinski definition) is 1.